The van der Waals surface area contributed by atoms with Gasteiger partial charge in [-0.25, -0.2) is 14.0 Å². The zero-order chi connectivity index (χ0) is 15.3. The van der Waals surface area contributed by atoms with E-state index in [2.05, 4.69) is 10.6 Å². The molecule has 20 heavy (non-hydrogen) atoms. The zero-order valence-corrected chi connectivity index (χ0v) is 11.7. The summed E-state index contributed by atoms with van der Waals surface area (Å²) in [7, 11) is 0. The molecule has 0 radical (unpaired) electrons. The van der Waals surface area contributed by atoms with Crippen molar-refractivity contribution in [2.24, 2.45) is 5.92 Å². The number of hydrogen-bond donors (Lipinski definition) is 3. The molecule has 3 N–H and O–H groups in total. The minimum atomic E-state index is -1.11. The van der Waals surface area contributed by atoms with Crippen LogP contribution in [0.1, 0.15) is 25.8 Å². The first-order valence-electron chi connectivity index (χ1n) is 6.41. The highest BCUT2D eigenvalue weighted by atomic mass is 19.1. The van der Waals surface area contributed by atoms with E-state index in [9.17, 15) is 14.0 Å². The van der Waals surface area contributed by atoms with Gasteiger partial charge in [0.05, 0.1) is 5.69 Å². The first kappa shape index (κ1) is 15.9. The predicted octanol–water partition coefficient (Wildman–Crippen LogP) is 2.75. The molecule has 2 amide bonds. The fraction of sp³-hybridized carbons (Fsp3) is 0.429. The highest BCUT2D eigenvalue weighted by molar-refractivity contribution is 5.92. The molecule has 0 saturated carbocycles. The van der Waals surface area contributed by atoms with Crippen LogP contribution in [0.4, 0.5) is 14.9 Å². The van der Waals surface area contributed by atoms with Crippen molar-refractivity contribution in [1.82, 2.24) is 5.32 Å². The van der Waals surface area contributed by atoms with E-state index in [4.69, 9.17) is 5.11 Å². The lowest BCUT2D eigenvalue weighted by atomic mass is 9.99. The molecular weight excluding hydrogens is 263 g/mol. The molecular formula is C14H19FN2O3. The number of nitrogens with one attached hydrogen (secondary N) is 2. The Labute approximate surface area is 117 Å². The van der Waals surface area contributed by atoms with Crippen LogP contribution in [-0.2, 0) is 4.79 Å². The number of carboxylic acids is 1. The standard InChI is InChI=1S/C14H19FN2O3/c1-4-9(3)12(13(18)19)17-14(20)16-11-6-5-8(2)7-10(11)15/h5-7,9,12H,4H2,1-3H3,(H,18,19)(H2,16,17,20). The van der Waals surface area contributed by atoms with E-state index in [0.717, 1.165) is 5.56 Å². The van der Waals surface area contributed by atoms with Gasteiger partial charge in [0.15, 0.2) is 0 Å². The van der Waals surface area contributed by atoms with Gasteiger partial charge in [0.25, 0.3) is 0 Å². The number of carbonyl (C=O) groups is 2. The van der Waals surface area contributed by atoms with Crippen molar-refractivity contribution in [3.63, 3.8) is 0 Å². The van der Waals surface area contributed by atoms with Gasteiger partial charge in [0, 0.05) is 0 Å². The Morgan fingerprint density at radius 3 is 2.55 bits per heavy atom. The summed E-state index contributed by atoms with van der Waals surface area (Å²) < 4.78 is 13.6. The Bertz CT molecular complexity index is 505. The van der Waals surface area contributed by atoms with Gasteiger partial charge in [-0.2, -0.15) is 0 Å². The molecule has 2 atom stereocenters. The molecule has 1 aromatic rings. The van der Waals surface area contributed by atoms with Crippen molar-refractivity contribution in [3.05, 3.63) is 29.6 Å². The van der Waals surface area contributed by atoms with Crippen LogP contribution in [0.5, 0.6) is 0 Å². The Kier molecular flexibility index (Phi) is 5.49. The molecule has 0 heterocycles. The van der Waals surface area contributed by atoms with Crippen molar-refractivity contribution in [3.8, 4) is 0 Å². The van der Waals surface area contributed by atoms with Crippen LogP contribution in [-0.4, -0.2) is 23.1 Å². The third-order valence-corrected chi connectivity index (χ3v) is 3.14. The fourth-order valence-corrected chi connectivity index (χ4v) is 1.70. The average Bonchev–Trinajstić information content (AvgIpc) is 2.38. The molecule has 0 aliphatic rings. The number of carboxylic acid groups (broad SMARTS) is 1. The highest BCUT2D eigenvalue weighted by Gasteiger charge is 2.25. The molecule has 5 nitrogen and oxygen atoms in total. The van der Waals surface area contributed by atoms with Crippen molar-refractivity contribution >= 4 is 17.7 Å². The monoisotopic (exact) mass is 282 g/mol. The number of benzene rings is 1. The normalized spacial score (nSPS) is 13.4. The molecule has 0 saturated heterocycles. The van der Waals surface area contributed by atoms with Gasteiger partial charge < -0.3 is 15.7 Å². The largest absolute Gasteiger partial charge is 0.480 e. The molecule has 0 aliphatic heterocycles. The Morgan fingerprint density at radius 1 is 1.40 bits per heavy atom. The number of aliphatic carboxylic acids is 1. The van der Waals surface area contributed by atoms with Crippen molar-refractivity contribution in [1.29, 1.82) is 0 Å². The van der Waals surface area contributed by atoms with Gasteiger partial charge in [-0.1, -0.05) is 26.3 Å². The molecule has 2 unspecified atom stereocenters. The van der Waals surface area contributed by atoms with Gasteiger partial charge in [-0.05, 0) is 30.5 Å². The quantitative estimate of drug-likeness (QED) is 0.777. The summed E-state index contributed by atoms with van der Waals surface area (Å²) >= 11 is 0. The predicted molar refractivity (Wildman–Crippen MR) is 74.2 cm³/mol. The van der Waals surface area contributed by atoms with Crippen molar-refractivity contribution in [2.45, 2.75) is 33.2 Å². The van der Waals surface area contributed by atoms with Gasteiger partial charge >= 0.3 is 12.0 Å². The number of amides is 2. The van der Waals surface area contributed by atoms with Crippen LogP contribution in [0.25, 0.3) is 0 Å². The first-order valence-corrected chi connectivity index (χ1v) is 6.41. The van der Waals surface area contributed by atoms with Crippen molar-refractivity contribution in [2.75, 3.05) is 5.32 Å². The lowest BCUT2D eigenvalue weighted by molar-refractivity contribution is -0.140. The van der Waals surface area contributed by atoms with E-state index in [-0.39, 0.29) is 11.6 Å². The van der Waals surface area contributed by atoms with E-state index >= 15 is 0 Å². The van der Waals surface area contributed by atoms with E-state index in [1.807, 2.05) is 6.92 Å². The number of urea groups is 1. The van der Waals surface area contributed by atoms with Gasteiger partial charge in [-0.15, -0.1) is 0 Å². The Balaban J connectivity index is 2.73. The lowest BCUT2D eigenvalue weighted by Crippen LogP contribution is -2.46. The second kappa shape index (κ2) is 6.88. The highest BCUT2D eigenvalue weighted by Crippen LogP contribution is 2.15. The first-order chi connectivity index (χ1) is 9.35. The van der Waals surface area contributed by atoms with Crippen molar-refractivity contribution < 1.29 is 19.1 Å². The summed E-state index contributed by atoms with van der Waals surface area (Å²) in [5.74, 6) is -1.89. The maximum absolute atomic E-state index is 13.6. The van der Waals surface area contributed by atoms with Crippen LogP contribution in [0.15, 0.2) is 18.2 Å². The van der Waals surface area contributed by atoms with Crippen LogP contribution in [0.2, 0.25) is 0 Å². The Hall–Kier alpha value is -2.11. The molecule has 1 aromatic carbocycles. The molecule has 0 fully saturated rings. The SMILES string of the molecule is CCC(C)C(NC(=O)Nc1ccc(C)cc1F)C(=O)O. The van der Waals surface area contributed by atoms with Gasteiger partial charge in [0.2, 0.25) is 0 Å². The summed E-state index contributed by atoms with van der Waals surface area (Å²) in [5.41, 5.74) is 0.748. The summed E-state index contributed by atoms with van der Waals surface area (Å²) in [6, 6.07) is 2.64. The molecule has 0 aliphatic carbocycles. The molecule has 0 spiro atoms. The number of rotatable bonds is 5. The minimum Gasteiger partial charge on any atom is -0.480 e. The summed E-state index contributed by atoms with van der Waals surface area (Å²) in [6.45, 7) is 5.29. The lowest BCUT2D eigenvalue weighted by Gasteiger charge is -2.20. The van der Waals surface area contributed by atoms with Crippen LogP contribution >= 0.6 is 0 Å². The summed E-state index contributed by atoms with van der Waals surface area (Å²) in [6.07, 6.45) is 0.607. The maximum atomic E-state index is 13.6. The van der Waals surface area contributed by atoms with Crippen LogP contribution < -0.4 is 10.6 Å². The van der Waals surface area contributed by atoms with E-state index < -0.39 is 23.9 Å². The number of aryl methyl sites for hydroxylation is 1. The number of halogens is 1. The summed E-state index contributed by atoms with van der Waals surface area (Å²) in [4.78, 5) is 22.8. The third-order valence-electron chi connectivity index (χ3n) is 3.14. The molecule has 1 rings (SSSR count). The zero-order valence-electron chi connectivity index (χ0n) is 11.7. The van der Waals surface area contributed by atoms with E-state index in [0.29, 0.717) is 6.42 Å². The van der Waals surface area contributed by atoms with Crippen LogP contribution in [0.3, 0.4) is 0 Å². The van der Waals surface area contributed by atoms with Gasteiger partial charge in [-0.3, -0.25) is 0 Å². The van der Waals surface area contributed by atoms with Crippen LogP contribution in [0, 0.1) is 18.7 Å². The Morgan fingerprint density at radius 2 is 2.05 bits per heavy atom. The number of anilines is 1. The summed E-state index contributed by atoms with van der Waals surface area (Å²) in [5, 5.41) is 13.7. The fourth-order valence-electron chi connectivity index (χ4n) is 1.70. The van der Waals surface area contributed by atoms with E-state index in [1.165, 1.54) is 12.1 Å². The van der Waals surface area contributed by atoms with Gasteiger partial charge in [0.1, 0.15) is 11.9 Å². The average molecular weight is 282 g/mol. The molecule has 110 valence electrons. The molecule has 0 bridgehead atoms. The number of hydrogen-bond acceptors (Lipinski definition) is 2. The molecule has 0 aromatic heterocycles. The second-order valence-electron chi connectivity index (χ2n) is 4.78. The van der Waals surface area contributed by atoms with E-state index in [1.54, 1.807) is 19.9 Å². The minimum absolute atomic E-state index is 0.0152. The number of carbonyl (C=O) groups excluding carboxylic acids is 1. The second-order valence-corrected chi connectivity index (χ2v) is 4.78. The molecule has 6 heteroatoms. The topological polar surface area (TPSA) is 78.4 Å². The maximum Gasteiger partial charge on any atom is 0.326 e. The smallest absolute Gasteiger partial charge is 0.326 e. The third kappa shape index (κ3) is 4.22.